The summed E-state index contributed by atoms with van der Waals surface area (Å²) in [6, 6.07) is 11.4. The van der Waals surface area contributed by atoms with Gasteiger partial charge in [-0.2, -0.15) is 4.98 Å². The van der Waals surface area contributed by atoms with Crippen molar-refractivity contribution >= 4 is 44.4 Å². The number of fused-ring (bicyclic) bond motifs is 1. The third-order valence-electron chi connectivity index (χ3n) is 2.81. The average Bonchev–Trinajstić information content (AvgIpc) is 2.82. The van der Waals surface area contributed by atoms with Crippen LogP contribution in [-0.4, -0.2) is 12.1 Å². The number of nitrogen functional groups attached to an aromatic ring is 1. The number of rotatable bonds is 3. The van der Waals surface area contributed by atoms with Gasteiger partial charge in [0.05, 0.1) is 11.6 Å². The van der Waals surface area contributed by atoms with Gasteiger partial charge in [0.15, 0.2) is 5.58 Å². The lowest BCUT2D eigenvalue weighted by molar-refractivity contribution is 0.412. The van der Waals surface area contributed by atoms with Crippen molar-refractivity contribution in [1.82, 2.24) is 4.98 Å². The molecule has 3 N–H and O–H groups in total. The Kier molecular flexibility index (Phi) is 3.23. The molecule has 0 spiro atoms. The van der Waals surface area contributed by atoms with Crippen LogP contribution in [0.15, 0.2) is 45.3 Å². The molecule has 0 atom stereocenters. The molecule has 0 aliphatic carbocycles. The Morgan fingerprint density at radius 1 is 1.25 bits per heavy atom. The second-order valence-corrected chi connectivity index (χ2v) is 5.07. The Morgan fingerprint density at radius 3 is 2.90 bits per heavy atom. The largest absolute Gasteiger partial charge is 0.495 e. The van der Waals surface area contributed by atoms with E-state index in [1.165, 1.54) is 0 Å². The molecule has 1 heterocycles. The van der Waals surface area contributed by atoms with Gasteiger partial charge in [0.25, 0.3) is 6.01 Å². The van der Waals surface area contributed by atoms with Crippen LogP contribution in [0, 0.1) is 0 Å². The summed E-state index contributed by atoms with van der Waals surface area (Å²) in [4.78, 5) is 4.34. The Morgan fingerprint density at radius 2 is 2.10 bits per heavy atom. The van der Waals surface area contributed by atoms with Gasteiger partial charge in [-0.25, -0.2) is 0 Å². The summed E-state index contributed by atoms with van der Waals surface area (Å²) in [5, 5.41) is 3.10. The zero-order valence-electron chi connectivity index (χ0n) is 10.7. The summed E-state index contributed by atoms with van der Waals surface area (Å²) in [5.41, 5.74) is 8.58. The van der Waals surface area contributed by atoms with Crippen LogP contribution in [0.4, 0.5) is 17.4 Å². The number of oxazole rings is 1. The zero-order valence-corrected chi connectivity index (χ0v) is 12.3. The molecule has 0 saturated heterocycles. The van der Waals surface area contributed by atoms with E-state index >= 15 is 0 Å². The average molecular weight is 334 g/mol. The van der Waals surface area contributed by atoms with E-state index in [9.17, 15) is 0 Å². The van der Waals surface area contributed by atoms with Crippen molar-refractivity contribution < 1.29 is 9.15 Å². The minimum atomic E-state index is 0.412. The lowest BCUT2D eigenvalue weighted by Gasteiger charge is -2.06. The fraction of sp³-hybridized carbons (Fsp3) is 0.0714. The van der Waals surface area contributed by atoms with Gasteiger partial charge in [0, 0.05) is 23.5 Å². The summed E-state index contributed by atoms with van der Waals surface area (Å²) in [6.07, 6.45) is 0. The number of ether oxygens (including phenoxy) is 1. The molecule has 20 heavy (non-hydrogen) atoms. The Bertz CT molecular complexity index is 770. The molecule has 3 rings (SSSR count). The van der Waals surface area contributed by atoms with Crippen LogP contribution >= 0.6 is 15.9 Å². The van der Waals surface area contributed by atoms with Gasteiger partial charge in [-0.05, 0) is 40.2 Å². The fourth-order valence-electron chi connectivity index (χ4n) is 1.86. The minimum absolute atomic E-state index is 0.412. The SMILES string of the molecule is COc1cc(Nc2nc3ccc(N)cc3o2)ccc1Br. The highest BCUT2D eigenvalue weighted by Gasteiger charge is 2.08. The number of nitrogens with two attached hydrogens (primary N) is 1. The number of benzene rings is 2. The maximum atomic E-state index is 5.71. The van der Waals surface area contributed by atoms with Crippen molar-refractivity contribution in [2.24, 2.45) is 0 Å². The van der Waals surface area contributed by atoms with E-state index in [2.05, 4.69) is 26.2 Å². The summed E-state index contributed by atoms with van der Waals surface area (Å²) < 4.78 is 11.7. The van der Waals surface area contributed by atoms with Crippen molar-refractivity contribution in [3.8, 4) is 5.75 Å². The van der Waals surface area contributed by atoms with Crippen LogP contribution in [0.5, 0.6) is 5.75 Å². The van der Waals surface area contributed by atoms with E-state index in [1.807, 2.05) is 24.3 Å². The van der Waals surface area contributed by atoms with Crippen LogP contribution in [0.25, 0.3) is 11.1 Å². The highest BCUT2D eigenvalue weighted by molar-refractivity contribution is 9.10. The molecule has 0 aliphatic rings. The molecule has 0 saturated carbocycles. The molecule has 0 fully saturated rings. The molecular formula is C14H12BrN3O2. The summed E-state index contributed by atoms with van der Waals surface area (Å²) in [6.45, 7) is 0. The number of anilines is 3. The van der Waals surface area contributed by atoms with E-state index in [-0.39, 0.29) is 0 Å². The monoisotopic (exact) mass is 333 g/mol. The van der Waals surface area contributed by atoms with E-state index in [1.54, 1.807) is 19.2 Å². The molecule has 0 bridgehead atoms. The number of nitrogens with one attached hydrogen (secondary N) is 1. The predicted molar refractivity (Wildman–Crippen MR) is 82.4 cm³/mol. The molecule has 3 aromatic rings. The molecule has 102 valence electrons. The predicted octanol–water partition coefficient (Wildman–Crippen LogP) is 3.92. The van der Waals surface area contributed by atoms with E-state index < -0.39 is 0 Å². The van der Waals surface area contributed by atoms with Crippen LogP contribution in [0.3, 0.4) is 0 Å². The number of methoxy groups -OCH3 is 1. The van der Waals surface area contributed by atoms with Crippen molar-refractivity contribution in [2.45, 2.75) is 0 Å². The van der Waals surface area contributed by atoms with Gasteiger partial charge in [0.1, 0.15) is 11.3 Å². The number of hydrogen-bond acceptors (Lipinski definition) is 5. The van der Waals surface area contributed by atoms with Crippen LogP contribution < -0.4 is 15.8 Å². The first kappa shape index (κ1) is 12.8. The quantitative estimate of drug-likeness (QED) is 0.710. The molecule has 2 aromatic carbocycles. The van der Waals surface area contributed by atoms with Crippen LogP contribution in [0.2, 0.25) is 0 Å². The van der Waals surface area contributed by atoms with Gasteiger partial charge >= 0.3 is 0 Å². The Labute approximate surface area is 123 Å². The third-order valence-corrected chi connectivity index (χ3v) is 3.47. The molecule has 0 radical (unpaired) electrons. The number of halogens is 1. The number of aromatic nitrogens is 1. The molecule has 6 heteroatoms. The number of hydrogen-bond donors (Lipinski definition) is 2. The fourth-order valence-corrected chi connectivity index (χ4v) is 2.26. The normalized spacial score (nSPS) is 10.7. The molecule has 5 nitrogen and oxygen atoms in total. The zero-order chi connectivity index (χ0) is 14.1. The van der Waals surface area contributed by atoms with E-state index in [0.717, 1.165) is 21.4 Å². The molecule has 0 unspecified atom stereocenters. The molecule has 0 aliphatic heterocycles. The van der Waals surface area contributed by atoms with E-state index in [0.29, 0.717) is 17.3 Å². The van der Waals surface area contributed by atoms with E-state index in [4.69, 9.17) is 14.9 Å². The first-order valence-electron chi connectivity index (χ1n) is 5.92. The summed E-state index contributed by atoms with van der Waals surface area (Å²) in [5.74, 6) is 0.732. The first-order valence-corrected chi connectivity index (χ1v) is 6.71. The third kappa shape index (κ3) is 2.42. The lowest BCUT2D eigenvalue weighted by Crippen LogP contribution is -1.92. The maximum absolute atomic E-state index is 5.71. The minimum Gasteiger partial charge on any atom is -0.495 e. The second-order valence-electron chi connectivity index (χ2n) is 4.22. The topological polar surface area (TPSA) is 73.3 Å². The van der Waals surface area contributed by atoms with Crippen molar-refractivity contribution in [2.75, 3.05) is 18.2 Å². The maximum Gasteiger partial charge on any atom is 0.300 e. The summed E-state index contributed by atoms with van der Waals surface area (Å²) >= 11 is 3.41. The first-order chi connectivity index (χ1) is 9.65. The Hall–Kier alpha value is -2.21. The molecule has 1 aromatic heterocycles. The molecule has 0 amide bonds. The van der Waals surface area contributed by atoms with Gasteiger partial charge in [-0.3, -0.25) is 0 Å². The number of nitrogens with zero attached hydrogens (tertiary/aromatic N) is 1. The standard InChI is InChI=1S/C14H12BrN3O2/c1-19-12-7-9(3-4-10(12)15)17-14-18-11-5-2-8(16)6-13(11)20-14/h2-7H,16H2,1H3,(H,17,18). The van der Waals surface area contributed by atoms with Gasteiger partial charge in [-0.15, -0.1) is 0 Å². The van der Waals surface area contributed by atoms with Gasteiger partial charge in [0.2, 0.25) is 0 Å². The lowest BCUT2D eigenvalue weighted by atomic mass is 10.3. The van der Waals surface area contributed by atoms with Crippen molar-refractivity contribution in [3.05, 3.63) is 40.9 Å². The van der Waals surface area contributed by atoms with Gasteiger partial charge in [-0.1, -0.05) is 0 Å². The van der Waals surface area contributed by atoms with Gasteiger partial charge < -0.3 is 20.2 Å². The highest BCUT2D eigenvalue weighted by Crippen LogP contribution is 2.30. The second kappa shape index (κ2) is 5.05. The summed E-state index contributed by atoms with van der Waals surface area (Å²) in [7, 11) is 1.62. The van der Waals surface area contributed by atoms with Crippen molar-refractivity contribution in [3.63, 3.8) is 0 Å². The molecular weight excluding hydrogens is 322 g/mol. The Balaban J connectivity index is 1.92. The highest BCUT2D eigenvalue weighted by atomic mass is 79.9. The van der Waals surface area contributed by atoms with Crippen molar-refractivity contribution in [1.29, 1.82) is 0 Å². The smallest absolute Gasteiger partial charge is 0.300 e. The van der Waals surface area contributed by atoms with Crippen LogP contribution in [-0.2, 0) is 0 Å². The van der Waals surface area contributed by atoms with Crippen LogP contribution in [0.1, 0.15) is 0 Å².